The fraction of sp³-hybridized carbons (Fsp3) is 0.294. The van der Waals surface area contributed by atoms with E-state index in [9.17, 15) is 0 Å². The Balaban J connectivity index is 1.96. The molecule has 0 bridgehead atoms. The summed E-state index contributed by atoms with van der Waals surface area (Å²) in [5.41, 5.74) is 8.48. The Bertz CT molecular complexity index is 496. The minimum absolute atomic E-state index is 0.0490. The Morgan fingerprint density at radius 3 is 2.42 bits per heavy atom. The molecule has 1 atom stereocenters. The predicted molar refractivity (Wildman–Crippen MR) is 79.3 cm³/mol. The third-order valence-corrected chi connectivity index (χ3v) is 3.25. The van der Waals surface area contributed by atoms with E-state index in [2.05, 4.69) is 31.2 Å². The zero-order valence-corrected chi connectivity index (χ0v) is 11.4. The molecule has 0 spiro atoms. The predicted octanol–water partition coefficient (Wildman–Crippen LogP) is 3.72. The molecule has 0 fully saturated rings. The van der Waals surface area contributed by atoms with Crippen molar-refractivity contribution in [1.29, 1.82) is 0 Å². The van der Waals surface area contributed by atoms with Crippen molar-refractivity contribution in [3.05, 3.63) is 65.7 Å². The minimum Gasteiger partial charge on any atom is -0.493 e. The van der Waals surface area contributed by atoms with Crippen molar-refractivity contribution in [2.24, 2.45) is 5.73 Å². The third-order valence-electron chi connectivity index (χ3n) is 3.25. The van der Waals surface area contributed by atoms with Gasteiger partial charge in [-0.25, -0.2) is 0 Å². The number of para-hydroxylation sites is 1. The maximum atomic E-state index is 6.10. The maximum Gasteiger partial charge on any atom is 0.124 e. The summed E-state index contributed by atoms with van der Waals surface area (Å²) in [6, 6.07) is 18.5. The summed E-state index contributed by atoms with van der Waals surface area (Å²) < 4.78 is 5.88. The number of hydrogen-bond acceptors (Lipinski definition) is 2. The average molecular weight is 255 g/mol. The van der Waals surface area contributed by atoms with Crippen LogP contribution in [0.15, 0.2) is 54.6 Å². The number of benzene rings is 2. The summed E-state index contributed by atoms with van der Waals surface area (Å²) in [6.07, 6.45) is 1.83. The second-order valence-electron chi connectivity index (χ2n) is 4.64. The van der Waals surface area contributed by atoms with E-state index in [-0.39, 0.29) is 6.04 Å². The van der Waals surface area contributed by atoms with Gasteiger partial charge in [0.1, 0.15) is 5.75 Å². The van der Waals surface area contributed by atoms with Crippen LogP contribution in [0.5, 0.6) is 5.75 Å². The van der Waals surface area contributed by atoms with E-state index in [0.717, 1.165) is 24.2 Å². The highest BCUT2D eigenvalue weighted by Gasteiger charge is 2.09. The topological polar surface area (TPSA) is 35.2 Å². The van der Waals surface area contributed by atoms with Crippen LogP contribution in [0.2, 0.25) is 0 Å². The summed E-state index contributed by atoms with van der Waals surface area (Å²) in [4.78, 5) is 0. The molecule has 19 heavy (non-hydrogen) atoms. The van der Waals surface area contributed by atoms with Crippen molar-refractivity contribution in [2.45, 2.75) is 25.8 Å². The summed E-state index contributed by atoms with van der Waals surface area (Å²) in [5, 5.41) is 0. The Kier molecular flexibility index (Phi) is 4.99. The van der Waals surface area contributed by atoms with E-state index in [4.69, 9.17) is 10.5 Å². The zero-order valence-electron chi connectivity index (χ0n) is 11.4. The van der Waals surface area contributed by atoms with E-state index in [1.807, 2.05) is 30.3 Å². The molecule has 2 nitrogen and oxygen atoms in total. The van der Waals surface area contributed by atoms with Crippen LogP contribution >= 0.6 is 0 Å². The largest absolute Gasteiger partial charge is 0.493 e. The fourth-order valence-corrected chi connectivity index (χ4v) is 2.06. The highest BCUT2D eigenvalue weighted by molar-refractivity contribution is 5.35. The molecule has 0 aliphatic heterocycles. The smallest absolute Gasteiger partial charge is 0.124 e. The van der Waals surface area contributed by atoms with Gasteiger partial charge in [-0.05, 0) is 18.1 Å². The van der Waals surface area contributed by atoms with Crippen molar-refractivity contribution in [2.75, 3.05) is 6.61 Å². The van der Waals surface area contributed by atoms with Crippen LogP contribution in [0.25, 0.3) is 0 Å². The minimum atomic E-state index is 0.0490. The number of hydrogen-bond donors (Lipinski definition) is 1. The van der Waals surface area contributed by atoms with Crippen LogP contribution < -0.4 is 10.5 Å². The van der Waals surface area contributed by atoms with Gasteiger partial charge in [0, 0.05) is 18.0 Å². The first-order valence-electron chi connectivity index (χ1n) is 6.82. The molecule has 0 aromatic heterocycles. The second-order valence-corrected chi connectivity index (χ2v) is 4.64. The summed E-state index contributed by atoms with van der Waals surface area (Å²) >= 11 is 0. The summed E-state index contributed by atoms with van der Waals surface area (Å²) in [7, 11) is 0. The van der Waals surface area contributed by atoms with Gasteiger partial charge in [-0.3, -0.25) is 0 Å². The lowest BCUT2D eigenvalue weighted by molar-refractivity contribution is 0.316. The van der Waals surface area contributed by atoms with Gasteiger partial charge in [-0.2, -0.15) is 0 Å². The molecule has 2 aromatic carbocycles. The highest BCUT2D eigenvalue weighted by atomic mass is 16.5. The van der Waals surface area contributed by atoms with Gasteiger partial charge in [0.15, 0.2) is 0 Å². The monoisotopic (exact) mass is 255 g/mol. The first-order chi connectivity index (χ1) is 9.31. The molecule has 0 heterocycles. The molecule has 2 rings (SSSR count). The van der Waals surface area contributed by atoms with Gasteiger partial charge >= 0.3 is 0 Å². The normalized spacial score (nSPS) is 12.1. The molecule has 0 saturated heterocycles. The number of nitrogens with two attached hydrogens (primary N) is 1. The lowest BCUT2D eigenvalue weighted by Gasteiger charge is -2.15. The SMILES string of the molecule is CC[C@@H](N)c1ccccc1OCCc1ccccc1. The van der Waals surface area contributed by atoms with Crippen LogP contribution in [-0.2, 0) is 6.42 Å². The van der Waals surface area contributed by atoms with Gasteiger partial charge in [-0.15, -0.1) is 0 Å². The van der Waals surface area contributed by atoms with Crippen molar-refractivity contribution >= 4 is 0 Å². The average Bonchev–Trinajstić information content (AvgIpc) is 2.48. The standard InChI is InChI=1S/C17H21NO/c1-2-16(18)15-10-6-7-11-17(15)19-13-12-14-8-4-3-5-9-14/h3-11,16H,2,12-13,18H2,1H3/t16-/m1/s1. The second kappa shape index (κ2) is 6.95. The van der Waals surface area contributed by atoms with Gasteiger partial charge in [0.25, 0.3) is 0 Å². The number of rotatable bonds is 6. The van der Waals surface area contributed by atoms with E-state index >= 15 is 0 Å². The molecular formula is C17H21NO. The zero-order chi connectivity index (χ0) is 13.5. The van der Waals surface area contributed by atoms with Crippen LogP contribution in [0.1, 0.15) is 30.5 Å². The van der Waals surface area contributed by atoms with Crippen molar-refractivity contribution in [3.63, 3.8) is 0 Å². The van der Waals surface area contributed by atoms with Crippen molar-refractivity contribution < 1.29 is 4.74 Å². The fourth-order valence-electron chi connectivity index (χ4n) is 2.06. The molecule has 2 heteroatoms. The van der Waals surface area contributed by atoms with Crippen LogP contribution in [-0.4, -0.2) is 6.61 Å². The van der Waals surface area contributed by atoms with E-state index in [1.165, 1.54) is 5.56 Å². The first kappa shape index (κ1) is 13.6. The van der Waals surface area contributed by atoms with Gasteiger partial charge < -0.3 is 10.5 Å². The molecule has 100 valence electrons. The third kappa shape index (κ3) is 3.83. The van der Waals surface area contributed by atoms with E-state index in [0.29, 0.717) is 6.61 Å². The lowest BCUT2D eigenvalue weighted by atomic mass is 10.0. The van der Waals surface area contributed by atoms with Gasteiger partial charge in [-0.1, -0.05) is 55.5 Å². The van der Waals surface area contributed by atoms with Crippen LogP contribution in [0, 0.1) is 0 Å². The molecular weight excluding hydrogens is 234 g/mol. The molecule has 0 unspecified atom stereocenters. The Labute approximate surface area is 115 Å². The molecule has 0 radical (unpaired) electrons. The molecule has 0 aliphatic carbocycles. The summed E-state index contributed by atoms with van der Waals surface area (Å²) in [6.45, 7) is 2.77. The van der Waals surface area contributed by atoms with E-state index in [1.54, 1.807) is 0 Å². The molecule has 0 amide bonds. The molecule has 2 aromatic rings. The maximum absolute atomic E-state index is 6.10. The van der Waals surface area contributed by atoms with Crippen LogP contribution in [0.4, 0.5) is 0 Å². The molecule has 2 N–H and O–H groups in total. The Morgan fingerprint density at radius 1 is 1.00 bits per heavy atom. The summed E-state index contributed by atoms with van der Waals surface area (Å²) in [5.74, 6) is 0.910. The van der Waals surface area contributed by atoms with E-state index < -0.39 is 0 Å². The van der Waals surface area contributed by atoms with Crippen molar-refractivity contribution in [3.8, 4) is 5.75 Å². The first-order valence-corrected chi connectivity index (χ1v) is 6.82. The molecule has 0 saturated carbocycles. The van der Waals surface area contributed by atoms with Gasteiger partial charge in [0.05, 0.1) is 6.61 Å². The highest BCUT2D eigenvalue weighted by Crippen LogP contribution is 2.25. The Hall–Kier alpha value is -1.80. The van der Waals surface area contributed by atoms with Crippen molar-refractivity contribution in [1.82, 2.24) is 0 Å². The van der Waals surface area contributed by atoms with Crippen LogP contribution in [0.3, 0.4) is 0 Å². The molecule has 0 aliphatic rings. The quantitative estimate of drug-likeness (QED) is 0.854. The number of ether oxygens (including phenoxy) is 1. The Morgan fingerprint density at radius 2 is 1.68 bits per heavy atom. The van der Waals surface area contributed by atoms with Gasteiger partial charge in [0.2, 0.25) is 0 Å². The lowest BCUT2D eigenvalue weighted by Crippen LogP contribution is -2.11.